The highest BCUT2D eigenvalue weighted by Gasteiger charge is 2.37. The van der Waals surface area contributed by atoms with E-state index < -0.39 is 23.5 Å². The van der Waals surface area contributed by atoms with Gasteiger partial charge < -0.3 is 0 Å². The molecule has 0 saturated carbocycles. The number of aromatic nitrogens is 5. The van der Waals surface area contributed by atoms with Crippen molar-refractivity contribution >= 4 is 23.1 Å². The molecule has 0 fully saturated rings. The second-order valence-corrected chi connectivity index (χ2v) is 7.24. The molecule has 0 aliphatic heterocycles. The second-order valence-electron chi connectivity index (χ2n) is 5.17. The molecule has 0 atom stereocenters. The Morgan fingerprint density at radius 1 is 1.04 bits per heavy atom. The minimum absolute atomic E-state index is 0.00891. The van der Waals surface area contributed by atoms with Gasteiger partial charge in [0, 0.05) is 17.5 Å². The predicted octanol–water partition coefficient (Wildman–Crippen LogP) is 5.01. The van der Waals surface area contributed by atoms with Gasteiger partial charge in [-0.25, -0.2) is 9.67 Å². The molecule has 27 heavy (non-hydrogen) atoms. The Morgan fingerprint density at radius 2 is 1.67 bits per heavy atom. The van der Waals surface area contributed by atoms with Crippen LogP contribution < -0.4 is 0 Å². The summed E-state index contributed by atoms with van der Waals surface area (Å²) in [6.45, 7) is 2.31. The molecule has 5 nitrogen and oxygen atoms in total. The summed E-state index contributed by atoms with van der Waals surface area (Å²) < 4.78 is 79.7. The van der Waals surface area contributed by atoms with Crippen LogP contribution in [-0.4, -0.2) is 25.2 Å². The first-order chi connectivity index (χ1) is 12.6. The zero-order chi connectivity index (χ0) is 19.8. The van der Waals surface area contributed by atoms with Crippen molar-refractivity contribution in [1.29, 1.82) is 0 Å². The number of thiazole rings is 1. The topological polar surface area (TPSA) is 56.5 Å². The summed E-state index contributed by atoms with van der Waals surface area (Å²) in [7, 11) is 0. The number of benzene rings is 1. The Hall–Kier alpha value is -2.15. The molecule has 0 spiro atoms. The number of tetrazole rings is 1. The van der Waals surface area contributed by atoms with E-state index in [1.165, 1.54) is 10.1 Å². The molecule has 0 unspecified atom stereocenters. The number of rotatable bonds is 4. The van der Waals surface area contributed by atoms with Crippen LogP contribution in [0.4, 0.5) is 26.3 Å². The minimum atomic E-state index is -4.91. The maximum Gasteiger partial charge on any atom is 0.416 e. The maximum atomic E-state index is 13.0. The molecule has 3 rings (SSSR count). The Balaban J connectivity index is 1.98. The molecule has 0 N–H and O–H groups in total. The van der Waals surface area contributed by atoms with E-state index in [-0.39, 0.29) is 17.3 Å². The summed E-state index contributed by atoms with van der Waals surface area (Å²) in [5, 5.41) is 12.8. The summed E-state index contributed by atoms with van der Waals surface area (Å²) in [6, 6.07) is 1.38. The van der Waals surface area contributed by atoms with Gasteiger partial charge in [0.25, 0.3) is 0 Å². The third-order valence-corrected chi connectivity index (χ3v) is 5.26. The Kier molecular flexibility index (Phi) is 5.16. The first-order valence-corrected chi connectivity index (χ1v) is 8.97. The number of aryl methyl sites for hydroxylation is 1. The SMILES string of the molecule is CCn1nnnc1Sc1nc(-c2cc(C(F)(F)F)cc(C(F)(F)F)c2)cs1. The van der Waals surface area contributed by atoms with E-state index in [0.29, 0.717) is 28.2 Å². The highest BCUT2D eigenvalue weighted by Crippen LogP contribution is 2.39. The average Bonchev–Trinajstić information content (AvgIpc) is 3.22. The van der Waals surface area contributed by atoms with Crippen LogP contribution in [0.3, 0.4) is 0 Å². The Bertz CT molecular complexity index is 914. The third-order valence-electron chi connectivity index (χ3n) is 3.34. The summed E-state index contributed by atoms with van der Waals surface area (Å²) in [4.78, 5) is 4.12. The molecular formula is C14H9F6N5S2. The molecule has 3 aromatic rings. The van der Waals surface area contributed by atoms with Gasteiger partial charge in [-0.3, -0.25) is 0 Å². The van der Waals surface area contributed by atoms with Crippen LogP contribution in [-0.2, 0) is 18.9 Å². The lowest BCUT2D eigenvalue weighted by atomic mass is 10.0. The fraction of sp³-hybridized carbons (Fsp3) is 0.286. The predicted molar refractivity (Wildman–Crippen MR) is 85.2 cm³/mol. The number of alkyl halides is 6. The molecule has 0 aliphatic rings. The zero-order valence-electron chi connectivity index (χ0n) is 13.3. The van der Waals surface area contributed by atoms with Gasteiger partial charge in [-0.2, -0.15) is 26.3 Å². The molecule has 1 aromatic carbocycles. The van der Waals surface area contributed by atoms with Gasteiger partial charge in [0.2, 0.25) is 5.16 Å². The summed E-state index contributed by atoms with van der Waals surface area (Å²) in [5.41, 5.74) is -3.03. The van der Waals surface area contributed by atoms with Crippen LogP contribution in [0.5, 0.6) is 0 Å². The molecule has 0 saturated heterocycles. The van der Waals surface area contributed by atoms with Gasteiger partial charge in [0.15, 0.2) is 4.34 Å². The van der Waals surface area contributed by atoms with E-state index in [2.05, 4.69) is 20.5 Å². The number of hydrogen-bond acceptors (Lipinski definition) is 6. The fourth-order valence-electron chi connectivity index (χ4n) is 2.09. The number of hydrogen-bond donors (Lipinski definition) is 0. The molecule has 0 radical (unpaired) electrons. The molecule has 13 heteroatoms. The van der Waals surface area contributed by atoms with Crippen molar-refractivity contribution in [3.8, 4) is 11.3 Å². The van der Waals surface area contributed by atoms with Crippen molar-refractivity contribution < 1.29 is 26.3 Å². The smallest absolute Gasteiger partial charge is 0.229 e. The standard InChI is InChI=1S/C14H9F6N5S2/c1-2-25-11(22-23-24-25)27-12-21-10(6-26-12)7-3-8(13(15,16)17)5-9(4-7)14(18,19)20/h3-6H,2H2,1H3. The lowest BCUT2D eigenvalue weighted by Gasteiger charge is -2.13. The van der Waals surface area contributed by atoms with E-state index in [1.807, 2.05) is 6.92 Å². The number of halogens is 6. The van der Waals surface area contributed by atoms with Gasteiger partial charge in [-0.05, 0) is 47.3 Å². The van der Waals surface area contributed by atoms with Crippen molar-refractivity contribution in [1.82, 2.24) is 25.2 Å². The summed E-state index contributed by atoms with van der Waals surface area (Å²) in [6.07, 6.45) is -9.82. The molecule has 2 heterocycles. The highest BCUT2D eigenvalue weighted by atomic mass is 32.2. The van der Waals surface area contributed by atoms with Crippen LogP contribution in [0.15, 0.2) is 33.1 Å². The van der Waals surface area contributed by atoms with Crippen molar-refractivity contribution in [3.05, 3.63) is 34.7 Å². The second kappa shape index (κ2) is 7.11. The lowest BCUT2D eigenvalue weighted by molar-refractivity contribution is -0.143. The largest absolute Gasteiger partial charge is 0.416 e. The quantitative estimate of drug-likeness (QED) is 0.551. The Labute approximate surface area is 156 Å². The minimum Gasteiger partial charge on any atom is -0.229 e. The van der Waals surface area contributed by atoms with Crippen molar-refractivity contribution in [2.24, 2.45) is 0 Å². The van der Waals surface area contributed by atoms with Crippen LogP contribution in [0, 0.1) is 0 Å². The molecule has 0 bridgehead atoms. The monoisotopic (exact) mass is 425 g/mol. The third kappa shape index (κ3) is 4.40. The van der Waals surface area contributed by atoms with Crippen molar-refractivity contribution in [2.45, 2.75) is 35.3 Å². The first kappa shape index (κ1) is 19.6. The molecular weight excluding hydrogens is 416 g/mol. The highest BCUT2D eigenvalue weighted by molar-refractivity contribution is 8.00. The van der Waals surface area contributed by atoms with Crippen LogP contribution in [0.1, 0.15) is 18.1 Å². The first-order valence-electron chi connectivity index (χ1n) is 7.27. The fourth-order valence-corrected chi connectivity index (χ4v) is 3.85. The van der Waals surface area contributed by atoms with Gasteiger partial charge in [-0.15, -0.1) is 16.4 Å². The molecule has 0 aliphatic carbocycles. The average molecular weight is 425 g/mol. The molecule has 0 amide bonds. The Morgan fingerprint density at radius 3 is 2.22 bits per heavy atom. The van der Waals surface area contributed by atoms with Gasteiger partial charge in [-0.1, -0.05) is 0 Å². The van der Waals surface area contributed by atoms with Crippen LogP contribution >= 0.6 is 23.1 Å². The summed E-state index contributed by atoms with van der Waals surface area (Å²) in [5.74, 6) is 0. The molecule has 2 aromatic heterocycles. The van der Waals surface area contributed by atoms with E-state index >= 15 is 0 Å². The van der Waals surface area contributed by atoms with Gasteiger partial charge in [0.05, 0.1) is 16.8 Å². The normalized spacial score (nSPS) is 12.6. The van der Waals surface area contributed by atoms with Gasteiger partial charge in [0.1, 0.15) is 0 Å². The van der Waals surface area contributed by atoms with E-state index in [4.69, 9.17) is 0 Å². The van der Waals surface area contributed by atoms with E-state index in [1.54, 1.807) is 0 Å². The summed E-state index contributed by atoms with van der Waals surface area (Å²) >= 11 is 2.14. The van der Waals surface area contributed by atoms with Crippen LogP contribution in [0.25, 0.3) is 11.3 Å². The van der Waals surface area contributed by atoms with Crippen molar-refractivity contribution in [3.63, 3.8) is 0 Å². The van der Waals surface area contributed by atoms with Gasteiger partial charge >= 0.3 is 12.4 Å². The zero-order valence-corrected chi connectivity index (χ0v) is 15.0. The maximum absolute atomic E-state index is 13.0. The lowest BCUT2D eigenvalue weighted by Crippen LogP contribution is -2.11. The van der Waals surface area contributed by atoms with Crippen molar-refractivity contribution in [2.75, 3.05) is 0 Å². The number of nitrogens with zero attached hydrogens (tertiary/aromatic N) is 5. The van der Waals surface area contributed by atoms with E-state index in [9.17, 15) is 26.3 Å². The van der Waals surface area contributed by atoms with E-state index in [0.717, 1.165) is 23.1 Å². The van der Waals surface area contributed by atoms with Crippen LogP contribution in [0.2, 0.25) is 0 Å². The molecule has 144 valence electrons.